The maximum Gasteiger partial charge on any atom is 0.277 e. The second kappa shape index (κ2) is 4.92. The summed E-state index contributed by atoms with van der Waals surface area (Å²) in [5.74, 6) is -2.86. The predicted octanol–water partition coefficient (Wildman–Crippen LogP) is 1.61. The lowest BCUT2D eigenvalue weighted by Crippen LogP contribution is -2.42. The SMILES string of the molecule is COc1cc(O)cc2c1C(=O)C(O)(Cc1ccccc1O)O2. The fourth-order valence-electron chi connectivity index (χ4n) is 2.50. The summed E-state index contributed by atoms with van der Waals surface area (Å²) in [5, 5.41) is 29.9. The Bertz CT molecular complexity index is 754. The maximum atomic E-state index is 12.5. The Kier molecular flexibility index (Phi) is 3.18. The third-order valence-corrected chi connectivity index (χ3v) is 3.55. The smallest absolute Gasteiger partial charge is 0.277 e. The molecule has 1 unspecified atom stereocenters. The Morgan fingerprint density at radius 1 is 1.23 bits per heavy atom. The van der Waals surface area contributed by atoms with Gasteiger partial charge in [0.15, 0.2) is 0 Å². The van der Waals surface area contributed by atoms with Gasteiger partial charge in [0.05, 0.1) is 7.11 Å². The molecule has 0 saturated carbocycles. The van der Waals surface area contributed by atoms with Crippen molar-refractivity contribution in [3.63, 3.8) is 0 Å². The first kappa shape index (κ1) is 14.2. The molecule has 0 fully saturated rings. The van der Waals surface area contributed by atoms with Gasteiger partial charge in [0.2, 0.25) is 5.78 Å². The third kappa shape index (κ3) is 2.14. The van der Waals surface area contributed by atoms with Gasteiger partial charge in [-0.25, -0.2) is 0 Å². The first-order valence-corrected chi connectivity index (χ1v) is 6.58. The number of ether oxygens (including phenoxy) is 2. The lowest BCUT2D eigenvalue weighted by Gasteiger charge is -2.20. The largest absolute Gasteiger partial charge is 0.508 e. The average Bonchev–Trinajstić information content (AvgIpc) is 2.72. The second-order valence-electron chi connectivity index (χ2n) is 5.04. The predicted molar refractivity (Wildman–Crippen MR) is 76.4 cm³/mol. The number of fused-ring (bicyclic) bond motifs is 1. The molecule has 1 aliphatic heterocycles. The Labute approximate surface area is 126 Å². The molecule has 1 atom stereocenters. The number of phenols is 2. The molecule has 0 radical (unpaired) electrons. The van der Waals surface area contributed by atoms with Crippen LogP contribution in [0.5, 0.6) is 23.0 Å². The highest BCUT2D eigenvalue weighted by Gasteiger charge is 2.49. The van der Waals surface area contributed by atoms with E-state index in [4.69, 9.17) is 9.47 Å². The second-order valence-corrected chi connectivity index (χ2v) is 5.04. The van der Waals surface area contributed by atoms with Gasteiger partial charge >= 0.3 is 0 Å². The average molecular weight is 302 g/mol. The lowest BCUT2D eigenvalue weighted by molar-refractivity contribution is -0.0891. The minimum atomic E-state index is -2.15. The molecule has 1 aliphatic rings. The van der Waals surface area contributed by atoms with Crippen LogP contribution in [-0.4, -0.2) is 34.0 Å². The molecule has 6 nitrogen and oxygen atoms in total. The molecule has 0 aromatic heterocycles. The van der Waals surface area contributed by atoms with Crippen LogP contribution in [-0.2, 0) is 6.42 Å². The summed E-state index contributed by atoms with van der Waals surface area (Å²) in [6, 6.07) is 8.86. The lowest BCUT2D eigenvalue weighted by atomic mass is 9.97. The van der Waals surface area contributed by atoms with Crippen molar-refractivity contribution in [2.24, 2.45) is 0 Å². The summed E-state index contributed by atoms with van der Waals surface area (Å²) >= 11 is 0. The van der Waals surface area contributed by atoms with Crippen LogP contribution in [0.3, 0.4) is 0 Å². The van der Waals surface area contributed by atoms with Crippen molar-refractivity contribution in [3.8, 4) is 23.0 Å². The first-order chi connectivity index (χ1) is 10.4. The number of ketones is 1. The molecule has 0 spiro atoms. The van der Waals surface area contributed by atoms with Crippen LogP contribution in [0, 0.1) is 0 Å². The van der Waals surface area contributed by atoms with E-state index in [2.05, 4.69) is 0 Å². The van der Waals surface area contributed by atoms with Gasteiger partial charge in [-0.15, -0.1) is 0 Å². The van der Waals surface area contributed by atoms with Crippen molar-refractivity contribution >= 4 is 5.78 Å². The molecule has 0 saturated heterocycles. The Hall–Kier alpha value is -2.73. The van der Waals surface area contributed by atoms with Gasteiger partial charge in [0.25, 0.3) is 5.79 Å². The van der Waals surface area contributed by atoms with Gasteiger partial charge in [-0.1, -0.05) is 18.2 Å². The fourth-order valence-corrected chi connectivity index (χ4v) is 2.50. The quantitative estimate of drug-likeness (QED) is 0.797. The van der Waals surface area contributed by atoms with Gasteiger partial charge in [-0.05, 0) is 6.07 Å². The van der Waals surface area contributed by atoms with E-state index in [-0.39, 0.29) is 35.0 Å². The van der Waals surface area contributed by atoms with Crippen LogP contribution in [0.4, 0.5) is 0 Å². The molecule has 6 heteroatoms. The molecule has 114 valence electrons. The van der Waals surface area contributed by atoms with Gasteiger partial charge in [0, 0.05) is 24.1 Å². The number of benzene rings is 2. The van der Waals surface area contributed by atoms with E-state index in [9.17, 15) is 20.1 Å². The summed E-state index contributed by atoms with van der Waals surface area (Å²) in [6.07, 6.45) is -0.225. The summed E-state index contributed by atoms with van der Waals surface area (Å²) in [4.78, 5) is 12.5. The molecular formula is C16H14O6. The van der Waals surface area contributed by atoms with Crippen LogP contribution in [0.15, 0.2) is 36.4 Å². The first-order valence-electron chi connectivity index (χ1n) is 6.58. The zero-order valence-electron chi connectivity index (χ0n) is 11.7. The standard InChI is InChI=1S/C16H14O6/c1-21-12-6-10(17)7-13-14(12)15(19)16(20,22-13)8-9-4-2-3-5-11(9)18/h2-7,17-18,20H,8H2,1H3. The Morgan fingerprint density at radius 2 is 1.95 bits per heavy atom. The summed E-state index contributed by atoms with van der Waals surface area (Å²) in [5.41, 5.74) is 0.438. The van der Waals surface area contributed by atoms with Crippen LogP contribution >= 0.6 is 0 Å². The highest BCUT2D eigenvalue weighted by molar-refractivity contribution is 6.09. The van der Waals surface area contributed by atoms with Crippen LogP contribution in [0.1, 0.15) is 15.9 Å². The fraction of sp³-hybridized carbons (Fsp3) is 0.188. The van der Waals surface area contributed by atoms with E-state index in [1.54, 1.807) is 18.2 Å². The van der Waals surface area contributed by atoms with Crippen LogP contribution in [0.2, 0.25) is 0 Å². The van der Waals surface area contributed by atoms with Crippen LogP contribution in [0.25, 0.3) is 0 Å². The summed E-state index contributed by atoms with van der Waals surface area (Å²) < 4.78 is 10.4. The van der Waals surface area contributed by atoms with Crippen molar-refractivity contribution in [3.05, 3.63) is 47.5 Å². The van der Waals surface area contributed by atoms with Crippen molar-refractivity contribution in [1.29, 1.82) is 0 Å². The number of carbonyl (C=O) groups is 1. The van der Waals surface area contributed by atoms with E-state index in [0.29, 0.717) is 5.56 Å². The number of hydrogen-bond acceptors (Lipinski definition) is 6. The van der Waals surface area contributed by atoms with E-state index >= 15 is 0 Å². The number of hydrogen-bond donors (Lipinski definition) is 3. The zero-order valence-corrected chi connectivity index (χ0v) is 11.7. The van der Waals surface area contributed by atoms with Crippen LogP contribution < -0.4 is 9.47 Å². The zero-order chi connectivity index (χ0) is 15.9. The Balaban J connectivity index is 2.01. The number of Topliss-reactive ketones (excluding diaryl/α,β-unsaturated/α-hetero) is 1. The number of aromatic hydroxyl groups is 2. The number of para-hydroxylation sites is 1. The van der Waals surface area contributed by atoms with Gasteiger partial charge in [-0.2, -0.15) is 0 Å². The van der Waals surface area contributed by atoms with Gasteiger partial charge in [-0.3, -0.25) is 4.79 Å². The molecule has 22 heavy (non-hydrogen) atoms. The highest BCUT2D eigenvalue weighted by atomic mass is 16.6. The topological polar surface area (TPSA) is 96.2 Å². The van der Waals surface area contributed by atoms with E-state index < -0.39 is 11.6 Å². The van der Waals surface area contributed by atoms with E-state index in [0.717, 1.165) is 0 Å². The minimum Gasteiger partial charge on any atom is -0.508 e. The molecule has 3 N–H and O–H groups in total. The van der Waals surface area contributed by atoms with Gasteiger partial charge in [0.1, 0.15) is 28.6 Å². The highest BCUT2D eigenvalue weighted by Crippen LogP contribution is 2.43. The normalized spacial score (nSPS) is 19.6. The van der Waals surface area contributed by atoms with Crippen molar-refractivity contribution in [2.45, 2.75) is 12.2 Å². The molecular weight excluding hydrogens is 288 g/mol. The summed E-state index contributed by atoms with van der Waals surface area (Å²) in [7, 11) is 1.35. The molecule has 1 heterocycles. The molecule has 2 aromatic rings. The minimum absolute atomic E-state index is 0.0415. The van der Waals surface area contributed by atoms with E-state index in [1.807, 2.05) is 0 Å². The maximum absolute atomic E-state index is 12.5. The molecule has 0 amide bonds. The number of rotatable bonds is 3. The molecule has 0 bridgehead atoms. The Morgan fingerprint density at radius 3 is 2.64 bits per heavy atom. The number of carbonyl (C=O) groups excluding carboxylic acids is 1. The summed E-state index contributed by atoms with van der Waals surface area (Å²) in [6.45, 7) is 0. The monoisotopic (exact) mass is 302 g/mol. The van der Waals surface area contributed by atoms with Crippen molar-refractivity contribution in [1.82, 2.24) is 0 Å². The van der Waals surface area contributed by atoms with E-state index in [1.165, 1.54) is 25.3 Å². The third-order valence-electron chi connectivity index (χ3n) is 3.55. The van der Waals surface area contributed by atoms with Crippen molar-refractivity contribution in [2.75, 3.05) is 7.11 Å². The van der Waals surface area contributed by atoms with Crippen molar-refractivity contribution < 1.29 is 29.6 Å². The molecule has 0 aliphatic carbocycles. The number of methoxy groups -OCH3 is 1. The van der Waals surface area contributed by atoms with Gasteiger partial charge < -0.3 is 24.8 Å². The molecule has 2 aromatic carbocycles. The number of phenolic OH excluding ortho intramolecular Hbond substituents is 2. The number of aliphatic hydroxyl groups is 1. The molecule has 3 rings (SSSR count).